The molecule has 0 aliphatic heterocycles. The largest absolute Gasteiger partial charge is 0.471 e. The Morgan fingerprint density at radius 2 is 1.60 bits per heavy atom. The van der Waals surface area contributed by atoms with Gasteiger partial charge in [-0.3, -0.25) is 4.90 Å². The first-order valence-corrected chi connectivity index (χ1v) is 9.06. The normalized spacial score (nSPS) is 12.4. The van der Waals surface area contributed by atoms with Gasteiger partial charge in [0.25, 0.3) is 0 Å². The predicted molar refractivity (Wildman–Crippen MR) is 107 cm³/mol. The van der Waals surface area contributed by atoms with E-state index in [0.717, 1.165) is 37.2 Å². The van der Waals surface area contributed by atoms with Crippen molar-refractivity contribution in [2.75, 3.05) is 13.1 Å². The molecular formula is C23H28NO. The predicted octanol–water partition coefficient (Wildman–Crippen LogP) is 5.67. The van der Waals surface area contributed by atoms with Gasteiger partial charge < -0.3 is 4.74 Å². The molecule has 2 heteroatoms. The van der Waals surface area contributed by atoms with E-state index in [-0.39, 0.29) is 6.23 Å². The Balaban J connectivity index is 2.26. The van der Waals surface area contributed by atoms with Gasteiger partial charge in [-0.2, -0.15) is 0 Å². The maximum Gasteiger partial charge on any atom is 0.172 e. The zero-order valence-electron chi connectivity index (χ0n) is 15.3. The van der Waals surface area contributed by atoms with E-state index in [0.29, 0.717) is 0 Å². The summed E-state index contributed by atoms with van der Waals surface area (Å²) < 4.78 is 6.35. The van der Waals surface area contributed by atoms with E-state index in [4.69, 9.17) is 11.3 Å². The van der Waals surface area contributed by atoms with Gasteiger partial charge in [-0.25, -0.2) is 0 Å². The Bertz CT molecular complexity index is 657. The maximum absolute atomic E-state index is 6.35. The van der Waals surface area contributed by atoms with Crippen molar-refractivity contribution >= 4 is 12.2 Å². The first-order chi connectivity index (χ1) is 12.3. The fraction of sp³-hybridized carbons (Fsp3) is 0.304. The summed E-state index contributed by atoms with van der Waals surface area (Å²) in [5.74, 6) is 0.810. The molecule has 0 aromatic heterocycles. The summed E-state index contributed by atoms with van der Waals surface area (Å²) in [6.07, 6.45) is 7.90. The van der Waals surface area contributed by atoms with Crippen LogP contribution in [0.25, 0.3) is 12.2 Å². The van der Waals surface area contributed by atoms with Crippen LogP contribution in [0.3, 0.4) is 0 Å². The van der Waals surface area contributed by atoms with Crippen LogP contribution in [0.1, 0.15) is 37.8 Å². The van der Waals surface area contributed by atoms with E-state index in [2.05, 4.69) is 43.0 Å². The highest BCUT2D eigenvalue weighted by molar-refractivity contribution is 5.55. The number of ether oxygens (including phenoxy) is 1. The minimum absolute atomic E-state index is 0.124. The average Bonchev–Trinajstić information content (AvgIpc) is 2.66. The average molecular weight is 334 g/mol. The molecule has 2 aromatic rings. The first kappa shape index (κ1) is 19.0. The zero-order chi connectivity index (χ0) is 17.9. The number of rotatable bonds is 10. The Morgan fingerprint density at radius 1 is 0.960 bits per heavy atom. The lowest BCUT2D eigenvalue weighted by atomic mass is 10.2. The van der Waals surface area contributed by atoms with Gasteiger partial charge in [0.05, 0.1) is 0 Å². The summed E-state index contributed by atoms with van der Waals surface area (Å²) >= 11 is 0. The van der Waals surface area contributed by atoms with Gasteiger partial charge in [0.1, 0.15) is 5.75 Å². The highest BCUT2D eigenvalue weighted by atomic mass is 16.5. The Kier molecular flexibility index (Phi) is 8.00. The standard InChI is InChI=1S/C23H28NO/c1-4-18-24(19-5-2)23(17-16-20-12-8-7-9-13-20)25-22-15-11-10-14-21(22)6-3/h3,6-17,23H,4-5,18-19H2,1-2H3/b6-3?,17-16+. The van der Waals surface area contributed by atoms with Gasteiger partial charge in [0.15, 0.2) is 6.23 Å². The molecular weight excluding hydrogens is 306 g/mol. The van der Waals surface area contributed by atoms with E-state index < -0.39 is 0 Å². The van der Waals surface area contributed by atoms with E-state index in [1.165, 1.54) is 5.56 Å². The minimum atomic E-state index is -0.124. The van der Waals surface area contributed by atoms with Gasteiger partial charge in [-0.1, -0.05) is 81.1 Å². The molecule has 0 saturated heterocycles. The summed E-state index contributed by atoms with van der Waals surface area (Å²) in [7, 11) is 0. The van der Waals surface area contributed by atoms with Crippen molar-refractivity contribution in [1.82, 2.24) is 4.90 Å². The van der Waals surface area contributed by atoms with Crippen molar-refractivity contribution in [1.29, 1.82) is 0 Å². The number of nitrogens with zero attached hydrogens (tertiary/aromatic N) is 1. The summed E-state index contributed by atoms with van der Waals surface area (Å²) in [6.45, 7) is 12.1. The molecule has 0 N–H and O–H groups in total. The third-order valence-corrected chi connectivity index (χ3v) is 3.98. The number of para-hydroxylation sites is 1. The summed E-state index contributed by atoms with van der Waals surface area (Å²) in [4.78, 5) is 2.37. The van der Waals surface area contributed by atoms with E-state index in [1.54, 1.807) is 6.08 Å². The molecule has 0 spiro atoms. The molecule has 2 aromatic carbocycles. The third kappa shape index (κ3) is 5.91. The molecule has 2 nitrogen and oxygen atoms in total. The first-order valence-electron chi connectivity index (χ1n) is 9.06. The van der Waals surface area contributed by atoms with Crippen molar-refractivity contribution in [3.63, 3.8) is 0 Å². The molecule has 0 aliphatic rings. The molecule has 0 aliphatic carbocycles. The molecule has 0 heterocycles. The molecule has 1 unspecified atom stereocenters. The summed E-state index contributed by atoms with van der Waals surface area (Å²) in [5.41, 5.74) is 2.08. The number of hydrogen-bond acceptors (Lipinski definition) is 2. The van der Waals surface area contributed by atoms with Crippen molar-refractivity contribution in [3.8, 4) is 5.75 Å². The highest BCUT2D eigenvalue weighted by Crippen LogP contribution is 2.22. The molecule has 1 radical (unpaired) electrons. The minimum Gasteiger partial charge on any atom is -0.471 e. The third-order valence-electron chi connectivity index (χ3n) is 3.98. The van der Waals surface area contributed by atoms with E-state index in [9.17, 15) is 0 Å². The van der Waals surface area contributed by atoms with Crippen LogP contribution >= 0.6 is 0 Å². The van der Waals surface area contributed by atoms with Crippen molar-refractivity contribution in [3.05, 3.63) is 78.4 Å². The van der Waals surface area contributed by atoms with Crippen LogP contribution in [0, 0.1) is 6.58 Å². The van der Waals surface area contributed by atoms with Crippen LogP contribution in [0.2, 0.25) is 0 Å². The SMILES string of the molecule is [CH]=Cc1ccccc1OC(/C=C/c1ccccc1)N(CCC)CCC. The van der Waals surface area contributed by atoms with Crippen molar-refractivity contribution < 1.29 is 4.74 Å². The zero-order valence-corrected chi connectivity index (χ0v) is 15.3. The van der Waals surface area contributed by atoms with Gasteiger partial charge in [-0.15, -0.1) is 0 Å². The fourth-order valence-electron chi connectivity index (χ4n) is 2.79. The molecule has 1 atom stereocenters. The van der Waals surface area contributed by atoms with E-state index in [1.807, 2.05) is 42.5 Å². The van der Waals surface area contributed by atoms with Crippen LogP contribution in [0.4, 0.5) is 0 Å². The second kappa shape index (κ2) is 10.5. The van der Waals surface area contributed by atoms with E-state index >= 15 is 0 Å². The van der Waals surface area contributed by atoms with Crippen molar-refractivity contribution in [2.24, 2.45) is 0 Å². The second-order valence-corrected chi connectivity index (χ2v) is 6.02. The lowest BCUT2D eigenvalue weighted by Gasteiger charge is -2.30. The molecule has 0 saturated carbocycles. The fourth-order valence-corrected chi connectivity index (χ4v) is 2.79. The lowest BCUT2D eigenvalue weighted by Crippen LogP contribution is -2.39. The monoisotopic (exact) mass is 334 g/mol. The number of benzene rings is 2. The summed E-state index contributed by atoms with van der Waals surface area (Å²) in [5, 5.41) is 0. The quantitative estimate of drug-likeness (QED) is 0.519. The number of hydrogen-bond donors (Lipinski definition) is 0. The Morgan fingerprint density at radius 3 is 2.24 bits per heavy atom. The highest BCUT2D eigenvalue weighted by Gasteiger charge is 2.17. The van der Waals surface area contributed by atoms with Crippen LogP contribution in [-0.2, 0) is 0 Å². The summed E-state index contributed by atoms with van der Waals surface area (Å²) in [6, 6.07) is 18.2. The molecule has 0 amide bonds. The van der Waals surface area contributed by atoms with Gasteiger partial charge in [0, 0.05) is 18.7 Å². The van der Waals surface area contributed by atoms with Gasteiger partial charge in [0.2, 0.25) is 0 Å². The molecule has 131 valence electrons. The molecule has 0 fully saturated rings. The molecule has 25 heavy (non-hydrogen) atoms. The molecule has 2 rings (SSSR count). The van der Waals surface area contributed by atoms with Gasteiger partial charge in [-0.05, 0) is 30.5 Å². The smallest absolute Gasteiger partial charge is 0.172 e. The van der Waals surface area contributed by atoms with Crippen LogP contribution < -0.4 is 4.74 Å². The Hall–Kier alpha value is -2.32. The second-order valence-electron chi connectivity index (χ2n) is 6.02. The molecule has 0 bridgehead atoms. The van der Waals surface area contributed by atoms with Crippen molar-refractivity contribution in [2.45, 2.75) is 32.9 Å². The lowest BCUT2D eigenvalue weighted by molar-refractivity contribution is 0.0626. The van der Waals surface area contributed by atoms with Gasteiger partial charge >= 0.3 is 0 Å². The maximum atomic E-state index is 6.35. The topological polar surface area (TPSA) is 12.5 Å². The van der Waals surface area contributed by atoms with Crippen LogP contribution in [0.15, 0.2) is 60.7 Å². The van der Waals surface area contributed by atoms with Crippen LogP contribution in [-0.4, -0.2) is 24.2 Å². The van der Waals surface area contributed by atoms with Crippen LogP contribution in [0.5, 0.6) is 5.75 Å². The Labute approximate surface area is 152 Å².